The van der Waals surface area contributed by atoms with E-state index < -0.39 is 5.95 Å². The monoisotopic (exact) mass is 166 g/mol. The van der Waals surface area contributed by atoms with Gasteiger partial charge >= 0.3 is 0 Å². The highest BCUT2D eigenvalue weighted by molar-refractivity contribution is 5.50. The molecule has 66 valence electrons. The normalized spacial score (nSPS) is 16.6. The second-order valence-electron chi connectivity index (χ2n) is 3.93. The highest BCUT2D eigenvalue weighted by Crippen LogP contribution is 2.35. The Kier molecular flexibility index (Phi) is 2.01. The third-order valence-corrected chi connectivity index (χ3v) is 1.86. The molecule has 0 spiro atoms. The van der Waals surface area contributed by atoms with Gasteiger partial charge < -0.3 is 10.2 Å². The molecule has 2 heteroatoms. The average molecular weight is 166 g/mol. The van der Waals surface area contributed by atoms with Crippen LogP contribution in [0.1, 0.15) is 20.8 Å². The molecule has 0 fully saturated rings. The topological polar surface area (TPSA) is 40.5 Å². The molecular weight excluding hydrogens is 152 g/mol. The van der Waals surface area contributed by atoms with Gasteiger partial charge in [-0.15, -0.1) is 0 Å². The molecular formula is C10H14O2. The van der Waals surface area contributed by atoms with Gasteiger partial charge in [0.05, 0.1) is 5.57 Å². The Morgan fingerprint density at radius 1 is 1.25 bits per heavy atom. The second kappa shape index (κ2) is 2.70. The van der Waals surface area contributed by atoms with Gasteiger partial charge in [-0.05, 0) is 17.1 Å². The van der Waals surface area contributed by atoms with Crippen molar-refractivity contribution in [3.63, 3.8) is 0 Å². The molecule has 2 N–H and O–H groups in total. The number of allylic oxidation sites excluding steroid dienone is 5. The van der Waals surface area contributed by atoms with E-state index in [2.05, 4.69) is 0 Å². The van der Waals surface area contributed by atoms with Crippen LogP contribution in [-0.2, 0) is 0 Å². The largest absolute Gasteiger partial charge is 0.481 e. The molecule has 0 aliphatic heterocycles. The highest BCUT2D eigenvalue weighted by atomic mass is 16.5. The Balaban J connectivity index is 3.06. The molecule has 0 saturated carbocycles. The standard InChI is InChI=1S/C10H14O2/c1-10(2,3)8-6-4-5-7(8)9(11)12/h4-6,11-12H,1-3H3. The van der Waals surface area contributed by atoms with E-state index in [0.717, 1.165) is 5.57 Å². The van der Waals surface area contributed by atoms with Gasteiger partial charge in [0, 0.05) is 0 Å². The summed E-state index contributed by atoms with van der Waals surface area (Å²) in [5, 5.41) is 17.9. The first-order chi connectivity index (χ1) is 5.43. The molecule has 0 bridgehead atoms. The lowest BCUT2D eigenvalue weighted by atomic mass is 9.83. The van der Waals surface area contributed by atoms with Crippen LogP contribution in [-0.4, -0.2) is 10.2 Å². The molecule has 0 aromatic carbocycles. The maximum atomic E-state index is 8.93. The Morgan fingerprint density at radius 2 is 1.83 bits per heavy atom. The van der Waals surface area contributed by atoms with E-state index in [9.17, 15) is 0 Å². The minimum Gasteiger partial charge on any atom is -0.481 e. The van der Waals surface area contributed by atoms with E-state index in [-0.39, 0.29) is 5.41 Å². The van der Waals surface area contributed by atoms with Crippen molar-refractivity contribution in [3.05, 3.63) is 35.3 Å². The van der Waals surface area contributed by atoms with Gasteiger partial charge in [0.1, 0.15) is 0 Å². The molecule has 12 heavy (non-hydrogen) atoms. The van der Waals surface area contributed by atoms with Crippen molar-refractivity contribution in [1.29, 1.82) is 0 Å². The molecule has 0 atom stereocenters. The minimum atomic E-state index is -0.593. The molecule has 1 aliphatic carbocycles. The minimum absolute atomic E-state index is 0.0461. The Morgan fingerprint density at radius 3 is 2.17 bits per heavy atom. The lowest BCUT2D eigenvalue weighted by Gasteiger charge is -2.21. The lowest BCUT2D eigenvalue weighted by Crippen LogP contribution is -2.10. The summed E-state index contributed by atoms with van der Waals surface area (Å²) in [5.74, 6) is -0.593. The zero-order chi connectivity index (χ0) is 9.35. The van der Waals surface area contributed by atoms with Gasteiger partial charge in [-0.3, -0.25) is 0 Å². The van der Waals surface area contributed by atoms with Crippen molar-refractivity contribution in [1.82, 2.24) is 0 Å². The van der Waals surface area contributed by atoms with Crippen LogP contribution in [0.15, 0.2) is 35.3 Å². The Hall–Kier alpha value is -1.18. The predicted molar refractivity (Wildman–Crippen MR) is 49.0 cm³/mol. The van der Waals surface area contributed by atoms with Crippen LogP contribution in [0.5, 0.6) is 0 Å². The Bertz CT molecular complexity index is 271. The SMILES string of the molecule is CC(C)(C)C1=CC=CC1=C(O)O. The molecule has 1 aliphatic rings. The van der Waals surface area contributed by atoms with Crippen LogP contribution in [0.25, 0.3) is 0 Å². The van der Waals surface area contributed by atoms with Crippen molar-refractivity contribution >= 4 is 0 Å². The molecule has 0 saturated heterocycles. The first-order valence-electron chi connectivity index (χ1n) is 3.94. The molecule has 0 radical (unpaired) electrons. The van der Waals surface area contributed by atoms with Crippen molar-refractivity contribution in [3.8, 4) is 0 Å². The van der Waals surface area contributed by atoms with E-state index in [0.29, 0.717) is 5.57 Å². The molecule has 0 aromatic rings. The molecule has 1 rings (SSSR count). The van der Waals surface area contributed by atoms with Gasteiger partial charge in [-0.1, -0.05) is 32.9 Å². The van der Waals surface area contributed by atoms with Crippen LogP contribution in [0.2, 0.25) is 0 Å². The maximum Gasteiger partial charge on any atom is 0.281 e. The first-order valence-corrected chi connectivity index (χ1v) is 3.94. The first kappa shape index (κ1) is 8.91. The fourth-order valence-electron chi connectivity index (χ4n) is 1.27. The number of hydrogen-bond acceptors (Lipinski definition) is 2. The van der Waals surface area contributed by atoms with Crippen LogP contribution < -0.4 is 0 Å². The molecule has 2 nitrogen and oxygen atoms in total. The van der Waals surface area contributed by atoms with Crippen LogP contribution in [0.3, 0.4) is 0 Å². The predicted octanol–water partition coefficient (Wildman–Crippen LogP) is 2.86. The smallest absolute Gasteiger partial charge is 0.281 e. The van der Waals surface area contributed by atoms with Gasteiger partial charge in [0.2, 0.25) is 0 Å². The lowest BCUT2D eigenvalue weighted by molar-refractivity contribution is 0.186. The van der Waals surface area contributed by atoms with Gasteiger partial charge in [-0.25, -0.2) is 0 Å². The number of aliphatic hydroxyl groups excluding tert-OH is 1. The summed E-state index contributed by atoms with van der Waals surface area (Å²) < 4.78 is 0. The molecule has 0 unspecified atom stereocenters. The van der Waals surface area contributed by atoms with Crippen molar-refractivity contribution < 1.29 is 10.2 Å². The van der Waals surface area contributed by atoms with Crippen molar-refractivity contribution in [2.24, 2.45) is 5.41 Å². The van der Waals surface area contributed by atoms with E-state index in [1.165, 1.54) is 0 Å². The fourth-order valence-corrected chi connectivity index (χ4v) is 1.27. The summed E-state index contributed by atoms with van der Waals surface area (Å²) in [5.41, 5.74) is 1.44. The third kappa shape index (κ3) is 1.52. The number of aliphatic hydroxyl groups is 2. The van der Waals surface area contributed by atoms with Gasteiger partial charge in [-0.2, -0.15) is 0 Å². The summed E-state index contributed by atoms with van der Waals surface area (Å²) in [4.78, 5) is 0. The van der Waals surface area contributed by atoms with Crippen molar-refractivity contribution in [2.45, 2.75) is 20.8 Å². The van der Waals surface area contributed by atoms with E-state index in [4.69, 9.17) is 10.2 Å². The van der Waals surface area contributed by atoms with E-state index in [1.807, 2.05) is 32.9 Å². The van der Waals surface area contributed by atoms with E-state index in [1.54, 1.807) is 6.08 Å². The molecule has 0 heterocycles. The summed E-state index contributed by atoms with van der Waals surface area (Å²) in [6.07, 6.45) is 5.43. The Labute approximate surface area is 72.5 Å². The maximum absolute atomic E-state index is 8.93. The van der Waals surface area contributed by atoms with Gasteiger partial charge in [0.25, 0.3) is 5.95 Å². The second-order valence-corrected chi connectivity index (χ2v) is 3.93. The summed E-state index contributed by atoms with van der Waals surface area (Å²) in [6.45, 7) is 6.11. The quantitative estimate of drug-likeness (QED) is 0.543. The average Bonchev–Trinajstić information content (AvgIpc) is 2.30. The summed E-state index contributed by atoms with van der Waals surface area (Å²) in [7, 11) is 0. The summed E-state index contributed by atoms with van der Waals surface area (Å²) >= 11 is 0. The van der Waals surface area contributed by atoms with E-state index >= 15 is 0 Å². The fraction of sp³-hybridized carbons (Fsp3) is 0.400. The number of hydrogen-bond donors (Lipinski definition) is 2. The zero-order valence-corrected chi connectivity index (χ0v) is 7.63. The number of rotatable bonds is 0. The van der Waals surface area contributed by atoms with Crippen LogP contribution in [0.4, 0.5) is 0 Å². The van der Waals surface area contributed by atoms with Gasteiger partial charge in [0.15, 0.2) is 0 Å². The highest BCUT2D eigenvalue weighted by Gasteiger charge is 2.23. The van der Waals surface area contributed by atoms with Crippen molar-refractivity contribution in [2.75, 3.05) is 0 Å². The molecule has 0 amide bonds. The van der Waals surface area contributed by atoms with Crippen LogP contribution in [0, 0.1) is 5.41 Å². The zero-order valence-electron chi connectivity index (χ0n) is 7.63. The van der Waals surface area contributed by atoms with Crippen LogP contribution >= 0.6 is 0 Å². The molecule has 0 aromatic heterocycles. The summed E-state index contributed by atoms with van der Waals surface area (Å²) in [6, 6.07) is 0. The third-order valence-electron chi connectivity index (χ3n) is 1.86.